The number of rotatable bonds is 6. The molecular formula is C19H24N4O2. The van der Waals surface area contributed by atoms with Crippen molar-refractivity contribution in [3.05, 3.63) is 58.0 Å². The average molecular weight is 340 g/mol. The number of hydrogen-bond donors (Lipinski definition) is 1. The minimum atomic E-state index is -0.246. The van der Waals surface area contributed by atoms with E-state index in [2.05, 4.69) is 40.4 Å². The van der Waals surface area contributed by atoms with Gasteiger partial charge in [0.25, 0.3) is 11.5 Å². The van der Waals surface area contributed by atoms with Crippen molar-refractivity contribution < 1.29 is 4.79 Å². The second kappa shape index (κ2) is 7.51. The maximum Gasteiger partial charge on any atom is 0.271 e. The summed E-state index contributed by atoms with van der Waals surface area (Å²) in [6.45, 7) is 6.09. The van der Waals surface area contributed by atoms with E-state index in [1.807, 2.05) is 13.0 Å². The number of anilines is 1. The molecule has 1 aromatic heterocycles. The fraction of sp³-hybridized carbons (Fsp3) is 0.421. The van der Waals surface area contributed by atoms with Gasteiger partial charge < -0.3 is 10.2 Å². The normalized spacial score (nSPS) is 14.2. The number of para-hydroxylation sites is 1. The van der Waals surface area contributed by atoms with Gasteiger partial charge in [-0.2, -0.15) is 5.10 Å². The summed E-state index contributed by atoms with van der Waals surface area (Å²) < 4.78 is 1.34. The number of nitrogens with zero attached hydrogens (tertiary/aromatic N) is 3. The summed E-state index contributed by atoms with van der Waals surface area (Å²) in [4.78, 5) is 26.4. The van der Waals surface area contributed by atoms with Crippen LogP contribution >= 0.6 is 0 Å². The largest absolute Gasteiger partial charge is 0.366 e. The summed E-state index contributed by atoms with van der Waals surface area (Å²) in [6, 6.07) is 11.5. The number of carbonyl (C=O) groups excluding carboxylic acids is 1. The zero-order valence-corrected chi connectivity index (χ0v) is 14.7. The Morgan fingerprint density at radius 2 is 2.08 bits per heavy atom. The molecule has 0 saturated carbocycles. The highest BCUT2D eigenvalue weighted by Gasteiger charge is 2.23. The Labute approximate surface area is 147 Å². The lowest BCUT2D eigenvalue weighted by atomic mass is 10.2. The van der Waals surface area contributed by atoms with E-state index in [9.17, 15) is 9.59 Å². The lowest BCUT2D eigenvalue weighted by Gasteiger charge is -2.27. The molecule has 6 heteroatoms. The SMILES string of the molecule is CCCn1nc(C(=O)NC[C@@H](C)N2CCc3ccccc32)ccc1=O. The van der Waals surface area contributed by atoms with Gasteiger partial charge >= 0.3 is 0 Å². The van der Waals surface area contributed by atoms with Crippen LogP contribution in [0, 0.1) is 0 Å². The molecule has 1 amide bonds. The van der Waals surface area contributed by atoms with E-state index in [0.29, 0.717) is 13.1 Å². The van der Waals surface area contributed by atoms with Crippen molar-refractivity contribution in [2.45, 2.75) is 39.3 Å². The van der Waals surface area contributed by atoms with E-state index in [-0.39, 0.29) is 23.2 Å². The Bertz CT molecular complexity index is 815. The summed E-state index contributed by atoms with van der Waals surface area (Å²) >= 11 is 0. The predicted molar refractivity (Wildman–Crippen MR) is 98.1 cm³/mol. The van der Waals surface area contributed by atoms with Gasteiger partial charge in [0.15, 0.2) is 0 Å². The molecule has 1 aliphatic heterocycles. The van der Waals surface area contributed by atoms with Gasteiger partial charge in [-0.25, -0.2) is 4.68 Å². The molecular weight excluding hydrogens is 316 g/mol. The van der Waals surface area contributed by atoms with Crippen molar-refractivity contribution in [1.29, 1.82) is 0 Å². The van der Waals surface area contributed by atoms with Gasteiger partial charge in [0.05, 0.1) is 0 Å². The monoisotopic (exact) mass is 340 g/mol. The van der Waals surface area contributed by atoms with E-state index in [0.717, 1.165) is 19.4 Å². The van der Waals surface area contributed by atoms with Gasteiger partial charge in [-0.15, -0.1) is 0 Å². The summed E-state index contributed by atoms with van der Waals surface area (Å²) in [5.41, 5.74) is 2.70. The van der Waals surface area contributed by atoms with Gasteiger partial charge in [0.1, 0.15) is 5.69 Å². The van der Waals surface area contributed by atoms with Gasteiger partial charge in [-0.3, -0.25) is 9.59 Å². The third-order valence-corrected chi connectivity index (χ3v) is 4.55. The number of benzene rings is 1. The molecule has 0 radical (unpaired) electrons. The van der Waals surface area contributed by atoms with Gasteiger partial charge in [-0.05, 0) is 37.5 Å². The van der Waals surface area contributed by atoms with E-state index in [1.165, 1.54) is 28.1 Å². The third-order valence-electron chi connectivity index (χ3n) is 4.55. The van der Waals surface area contributed by atoms with Gasteiger partial charge in [0.2, 0.25) is 0 Å². The summed E-state index contributed by atoms with van der Waals surface area (Å²) in [5, 5.41) is 7.09. The molecule has 25 heavy (non-hydrogen) atoms. The molecule has 3 rings (SSSR count). The minimum absolute atomic E-state index is 0.180. The van der Waals surface area contributed by atoms with Crippen LogP contribution in [0.5, 0.6) is 0 Å². The van der Waals surface area contributed by atoms with E-state index >= 15 is 0 Å². The number of aryl methyl sites for hydroxylation is 1. The van der Waals surface area contributed by atoms with Gasteiger partial charge in [-0.1, -0.05) is 25.1 Å². The summed E-state index contributed by atoms with van der Waals surface area (Å²) in [7, 11) is 0. The van der Waals surface area contributed by atoms with E-state index in [1.54, 1.807) is 0 Å². The number of hydrogen-bond acceptors (Lipinski definition) is 4. The molecule has 0 fully saturated rings. The first-order chi connectivity index (χ1) is 12.1. The highest BCUT2D eigenvalue weighted by atomic mass is 16.2. The Hall–Kier alpha value is -2.63. The van der Waals surface area contributed by atoms with Crippen LogP contribution in [0.25, 0.3) is 0 Å². The Morgan fingerprint density at radius 1 is 1.28 bits per heavy atom. The molecule has 0 unspecified atom stereocenters. The second-order valence-corrected chi connectivity index (χ2v) is 6.41. The molecule has 0 bridgehead atoms. The minimum Gasteiger partial charge on any atom is -0.366 e. The van der Waals surface area contributed by atoms with Crippen LogP contribution in [0.2, 0.25) is 0 Å². The van der Waals surface area contributed by atoms with Crippen molar-refractivity contribution >= 4 is 11.6 Å². The molecule has 1 aliphatic rings. The molecule has 1 aromatic carbocycles. The second-order valence-electron chi connectivity index (χ2n) is 6.41. The molecule has 2 aromatic rings. The Balaban J connectivity index is 1.63. The Kier molecular flexibility index (Phi) is 5.16. The Morgan fingerprint density at radius 3 is 2.88 bits per heavy atom. The molecule has 1 N–H and O–H groups in total. The summed E-state index contributed by atoms with van der Waals surface area (Å²) in [6.07, 6.45) is 1.83. The molecule has 0 aliphatic carbocycles. The third kappa shape index (κ3) is 3.73. The number of aromatic nitrogens is 2. The molecule has 132 valence electrons. The standard InChI is InChI=1S/C19H24N4O2/c1-3-11-23-18(24)9-8-16(21-23)19(25)20-13-14(2)22-12-10-15-6-4-5-7-17(15)22/h4-9,14H,3,10-13H2,1-2H3,(H,20,25)/t14-/m1/s1. The van der Waals surface area contributed by atoms with Crippen LogP contribution in [-0.4, -0.2) is 34.8 Å². The van der Waals surface area contributed by atoms with Crippen LogP contribution in [0.3, 0.4) is 0 Å². The predicted octanol–water partition coefficient (Wildman–Crippen LogP) is 1.83. The number of nitrogens with one attached hydrogen (secondary N) is 1. The maximum atomic E-state index is 12.4. The van der Waals surface area contributed by atoms with Crippen molar-refractivity contribution in [3.8, 4) is 0 Å². The fourth-order valence-corrected chi connectivity index (χ4v) is 3.20. The van der Waals surface area contributed by atoms with Crippen molar-refractivity contribution in [1.82, 2.24) is 15.1 Å². The quantitative estimate of drug-likeness (QED) is 0.871. The topological polar surface area (TPSA) is 67.2 Å². The smallest absolute Gasteiger partial charge is 0.271 e. The van der Waals surface area contributed by atoms with Crippen molar-refractivity contribution in [2.24, 2.45) is 0 Å². The first-order valence-electron chi connectivity index (χ1n) is 8.81. The molecule has 0 spiro atoms. The van der Waals surface area contributed by atoms with Crippen LogP contribution in [0.15, 0.2) is 41.2 Å². The van der Waals surface area contributed by atoms with Crippen molar-refractivity contribution in [2.75, 3.05) is 18.0 Å². The molecule has 0 saturated heterocycles. The molecule has 1 atom stereocenters. The highest BCUT2D eigenvalue weighted by molar-refractivity contribution is 5.92. The average Bonchev–Trinajstić information content (AvgIpc) is 3.05. The van der Waals surface area contributed by atoms with Gasteiger partial charge in [0, 0.05) is 37.4 Å². The zero-order chi connectivity index (χ0) is 17.8. The van der Waals surface area contributed by atoms with E-state index in [4.69, 9.17) is 0 Å². The van der Waals surface area contributed by atoms with E-state index < -0.39 is 0 Å². The maximum absolute atomic E-state index is 12.4. The number of fused-ring (bicyclic) bond motifs is 1. The molecule has 6 nitrogen and oxygen atoms in total. The molecule has 2 heterocycles. The lowest BCUT2D eigenvalue weighted by Crippen LogP contribution is -2.42. The number of carbonyl (C=O) groups is 1. The lowest BCUT2D eigenvalue weighted by molar-refractivity contribution is 0.0944. The van der Waals surface area contributed by atoms with Crippen LogP contribution in [-0.2, 0) is 13.0 Å². The first kappa shape index (κ1) is 17.2. The van der Waals surface area contributed by atoms with Crippen LogP contribution in [0.4, 0.5) is 5.69 Å². The fourth-order valence-electron chi connectivity index (χ4n) is 3.20. The highest BCUT2D eigenvalue weighted by Crippen LogP contribution is 2.28. The first-order valence-corrected chi connectivity index (χ1v) is 8.81. The zero-order valence-electron chi connectivity index (χ0n) is 14.7. The number of amides is 1. The van der Waals surface area contributed by atoms with Crippen LogP contribution in [0.1, 0.15) is 36.3 Å². The van der Waals surface area contributed by atoms with Crippen LogP contribution < -0.4 is 15.8 Å². The van der Waals surface area contributed by atoms with Crippen molar-refractivity contribution in [3.63, 3.8) is 0 Å². The summed E-state index contributed by atoms with van der Waals surface area (Å²) in [5.74, 6) is -0.246.